The Balaban J connectivity index is 1.53. The van der Waals surface area contributed by atoms with Crippen LogP contribution in [0, 0.1) is 5.82 Å². The molecule has 7 heteroatoms. The molecule has 0 atom stereocenters. The predicted octanol–water partition coefficient (Wildman–Crippen LogP) is 5.23. The Morgan fingerprint density at radius 3 is 2.45 bits per heavy atom. The van der Waals surface area contributed by atoms with Crippen molar-refractivity contribution in [3.8, 4) is 11.3 Å². The van der Waals surface area contributed by atoms with Gasteiger partial charge in [0.25, 0.3) is 0 Å². The molecule has 3 aromatic carbocycles. The largest absolute Gasteiger partial charge is 0.378 e. The highest BCUT2D eigenvalue weighted by Gasteiger charge is 2.13. The molecule has 0 aliphatic rings. The van der Waals surface area contributed by atoms with Gasteiger partial charge in [-0.1, -0.05) is 42.1 Å². The molecule has 4 aromatic rings. The maximum atomic E-state index is 13.8. The highest BCUT2D eigenvalue weighted by atomic mass is 32.2. The molecule has 156 valence electrons. The van der Waals surface area contributed by atoms with E-state index < -0.39 is 0 Å². The molecule has 1 aromatic heterocycles. The Morgan fingerprint density at radius 1 is 1.00 bits per heavy atom. The maximum Gasteiger partial charge on any atom is 0.234 e. The van der Waals surface area contributed by atoms with E-state index in [1.54, 1.807) is 6.07 Å². The van der Waals surface area contributed by atoms with Gasteiger partial charge in [0.2, 0.25) is 5.91 Å². The van der Waals surface area contributed by atoms with E-state index in [0.29, 0.717) is 21.8 Å². The first-order chi connectivity index (χ1) is 15.0. The Morgan fingerprint density at radius 2 is 1.74 bits per heavy atom. The van der Waals surface area contributed by atoms with Gasteiger partial charge >= 0.3 is 0 Å². The molecular formula is C24H21FN4OS. The van der Waals surface area contributed by atoms with E-state index in [9.17, 15) is 9.18 Å². The number of nitrogens with zero attached hydrogens (tertiary/aromatic N) is 3. The van der Waals surface area contributed by atoms with Crippen molar-refractivity contribution in [2.45, 2.75) is 5.16 Å². The molecule has 0 spiro atoms. The SMILES string of the molecule is CN(C)c1ccc(NC(=O)CSc2nc(-c3ccccc3)c3cc(F)ccc3n2)cc1. The number of carbonyl (C=O) groups excluding carboxylic acids is 1. The number of aromatic nitrogens is 2. The number of hydrogen-bond donors (Lipinski definition) is 1. The first-order valence-electron chi connectivity index (χ1n) is 9.72. The first-order valence-corrected chi connectivity index (χ1v) is 10.7. The molecule has 0 saturated heterocycles. The van der Waals surface area contributed by atoms with Crippen LogP contribution < -0.4 is 10.2 Å². The fourth-order valence-electron chi connectivity index (χ4n) is 3.13. The number of anilines is 2. The first kappa shape index (κ1) is 20.8. The lowest BCUT2D eigenvalue weighted by Gasteiger charge is -2.13. The summed E-state index contributed by atoms with van der Waals surface area (Å²) in [5, 5.41) is 3.99. The predicted molar refractivity (Wildman–Crippen MR) is 125 cm³/mol. The molecule has 5 nitrogen and oxygen atoms in total. The lowest BCUT2D eigenvalue weighted by molar-refractivity contribution is -0.113. The zero-order valence-corrected chi connectivity index (χ0v) is 18.0. The van der Waals surface area contributed by atoms with E-state index in [1.165, 1.54) is 23.9 Å². The molecule has 0 radical (unpaired) electrons. The van der Waals surface area contributed by atoms with Crippen molar-refractivity contribution < 1.29 is 9.18 Å². The monoisotopic (exact) mass is 432 g/mol. The van der Waals surface area contributed by atoms with Crippen molar-refractivity contribution in [1.82, 2.24) is 9.97 Å². The van der Waals surface area contributed by atoms with Crippen LogP contribution in [-0.4, -0.2) is 35.7 Å². The lowest BCUT2D eigenvalue weighted by Crippen LogP contribution is -2.14. The Hall–Kier alpha value is -3.45. The molecular weight excluding hydrogens is 411 g/mol. The Kier molecular flexibility index (Phi) is 6.13. The van der Waals surface area contributed by atoms with Gasteiger partial charge in [-0.15, -0.1) is 0 Å². The quantitative estimate of drug-likeness (QED) is 0.334. The number of thioether (sulfide) groups is 1. The van der Waals surface area contributed by atoms with Crippen LogP contribution in [0.15, 0.2) is 78.0 Å². The van der Waals surface area contributed by atoms with Crippen molar-refractivity contribution in [2.24, 2.45) is 0 Å². The summed E-state index contributed by atoms with van der Waals surface area (Å²) in [6.45, 7) is 0. The normalized spacial score (nSPS) is 10.8. The minimum Gasteiger partial charge on any atom is -0.378 e. The molecule has 0 fully saturated rings. The summed E-state index contributed by atoms with van der Waals surface area (Å²) < 4.78 is 13.8. The van der Waals surface area contributed by atoms with Crippen molar-refractivity contribution >= 4 is 39.9 Å². The van der Waals surface area contributed by atoms with E-state index in [0.717, 1.165) is 16.9 Å². The van der Waals surface area contributed by atoms with Crippen molar-refractivity contribution in [2.75, 3.05) is 30.1 Å². The zero-order valence-electron chi connectivity index (χ0n) is 17.2. The molecule has 0 aliphatic carbocycles. The molecule has 0 unspecified atom stereocenters. The van der Waals surface area contributed by atoms with Crippen LogP contribution in [0.25, 0.3) is 22.2 Å². The number of benzene rings is 3. The average molecular weight is 433 g/mol. The van der Waals surface area contributed by atoms with Gasteiger partial charge in [0.15, 0.2) is 5.16 Å². The lowest BCUT2D eigenvalue weighted by atomic mass is 10.1. The second-order valence-electron chi connectivity index (χ2n) is 7.16. The van der Waals surface area contributed by atoms with E-state index in [4.69, 9.17) is 0 Å². The molecule has 31 heavy (non-hydrogen) atoms. The van der Waals surface area contributed by atoms with Crippen LogP contribution >= 0.6 is 11.8 Å². The minimum atomic E-state index is -0.339. The van der Waals surface area contributed by atoms with E-state index in [-0.39, 0.29) is 17.5 Å². The fourth-order valence-corrected chi connectivity index (χ4v) is 3.78. The summed E-state index contributed by atoms with van der Waals surface area (Å²) in [7, 11) is 3.93. The van der Waals surface area contributed by atoms with Crippen LogP contribution in [0.3, 0.4) is 0 Å². The van der Waals surface area contributed by atoms with Crippen LogP contribution in [-0.2, 0) is 4.79 Å². The molecule has 1 N–H and O–H groups in total. The number of halogens is 1. The third-order valence-electron chi connectivity index (χ3n) is 4.68. The summed E-state index contributed by atoms with van der Waals surface area (Å²) in [5.41, 5.74) is 3.94. The fraction of sp³-hybridized carbons (Fsp3) is 0.125. The van der Waals surface area contributed by atoms with Crippen LogP contribution in [0.4, 0.5) is 15.8 Å². The third kappa shape index (κ3) is 5.00. The molecule has 0 bridgehead atoms. The van der Waals surface area contributed by atoms with Crippen LogP contribution in [0.2, 0.25) is 0 Å². The number of hydrogen-bond acceptors (Lipinski definition) is 5. The Labute approximate surface area is 184 Å². The number of fused-ring (bicyclic) bond motifs is 1. The molecule has 0 saturated carbocycles. The maximum absolute atomic E-state index is 13.8. The molecule has 0 aliphatic heterocycles. The second kappa shape index (κ2) is 9.14. The van der Waals surface area contributed by atoms with Gasteiger partial charge in [-0.25, -0.2) is 14.4 Å². The Bertz CT molecular complexity index is 1210. The van der Waals surface area contributed by atoms with E-state index >= 15 is 0 Å². The van der Waals surface area contributed by atoms with Crippen molar-refractivity contribution in [3.63, 3.8) is 0 Å². The van der Waals surface area contributed by atoms with E-state index in [1.807, 2.05) is 73.6 Å². The number of rotatable bonds is 6. The van der Waals surface area contributed by atoms with Crippen LogP contribution in [0.1, 0.15) is 0 Å². The van der Waals surface area contributed by atoms with Gasteiger partial charge < -0.3 is 10.2 Å². The topological polar surface area (TPSA) is 58.1 Å². The number of carbonyl (C=O) groups is 1. The van der Waals surface area contributed by atoms with Gasteiger partial charge in [-0.2, -0.15) is 0 Å². The highest BCUT2D eigenvalue weighted by Crippen LogP contribution is 2.29. The zero-order chi connectivity index (χ0) is 21.8. The second-order valence-corrected chi connectivity index (χ2v) is 8.10. The van der Waals surface area contributed by atoms with E-state index in [2.05, 4.69) is 15.3 Å². The summed E-state index contributed by atoms with van der Waals surface area (Å²) >= 11 is 1.25. The van der Waals surface area contributed by atoms with Gasteiger partial charge in [0, 0.05) is 36.4 Å². The average Bonchev–Trinajstić information content (AvgIpc) is 2.78. The smallest absolute Gasteiger partial charge is 0.234 e. The highest BCUT2D eigenvalue weighted by molar-refractivity contribution is 7.99. The van der Waals surface area contributed by atoms with Gasteiger partial charge in [-0.05, 0) is 42.5 Å². The van der Waals surface area contributed by atoms with Crippen LogP contribution in [0.5, 0.6) is 0 Å². The number of amides is 1. The summed E-state index contributed by atoms with van der Waals surface area (Å²) in [4.78, 5) is 23.5. The van der Waals surface area contributed by atoms with Gasteiger partial charge in [-0.3, -0.25) is 4.79 Å². The standard InChI is InChI=1S/C24H21FN4OS/c1-29(2)19-11-9-18(10-12-19)26-22(30)15-31-24-27-21-13-8-17(25)14-20(21)23(28-24)16-6-4-3-5-7-16/h3-14H,15H2,1-2H3,(H,26,30). The number of nitrogens with one attached hydrogen (secondary N) is 1. The van der Waals surface area contributed by atoms with Crippen molar-refractivity contribution in [3.05, 3.63) is 78.6 Å². The summed E-state index contributed by atoms with van der Waals surface area (Å²) in [6.07, 6.45) is 0. The third-order valence-corrected chi connectivity index (χ3v) is 5.53. The summed E-state index contributed by atoms with van der Waals surface area (Å²) in [5.74, 6) is -0.323. The molecule has 1 heterocycles. The molecule has 1 amide bonds. The minimum absolute atomic E-state index is 0.147. The summed E-state index contributed by atoms with van der Waals surface area (Å²) in [6, 6.07) is 21.7. The van der Waals surface area contributed by atoms with Crippen molar-refractivity contribution in [1.29, 1.82) is 0 Å². The van der Waals surface area contributed by atoms with Gasteiger partial charge in [0.05, 0.1) is 17.0 Å². The van der Waals surface area contributed by atoms with Gasteiger partial charge in [0.1, 0.15) is 5.82 Å². The molecule has 4 rings (SSSR count).